The van der Waals surface area contributed by atoms with E-state index in [-0.39, 0.29) is 11.2 Å². The molecule has 0 saturated heterocycles. The smallest absolute Gasteiger partial charge is 0.211 e. The molecular weight excluding hydrogens is 350 g/mol. The summed E-state index contributed by atoms with van der Waals surface area (Å²) >= 11 is 0. The predicted molar refractivity (Wildman–Crippen MR) is 112 cm³/mol. The number of ether oxygens (including phenoxy) is 2. The number of hydrogen-bond donors (Lipinski definition) is 0. The normalized spacial score (nSPS) is 22.0. The number of likely N-dealkylation sites (N-methyl/N-ethyl adjacent to an activating group) is 1. The van der Waals surface area contributed by atoms with Crippen molar-refractivity contribution >= 4 is 17.5 Å². The lowest BCUT2D eigenvalue weighted by atomic mass is 9.76. The Hall–Kier alpha value is -2.59. The zero-order valence-corrected chi connectivity index (χ0v) is 17.4. The highest BCUT2D eigenvalue weighted by atomic mass is 16.5. The fourth-order valence-electron chi connectivity index (χ4n) is 4.36. The van der Waals surface area contributed by atoms with Crippen molar-refractivity contribution in [3.63, 3.8) is 0 Å². The molecule has 4 rings (SSSR count). The molecule has 146 valence electrons. The minimum atomic E-state index is -0.857. The highest BCUT2D eigenvalue weighted by Gasteiger charge is 2.57. The van der Waals surface area contributed by atoms with Gasteiger partial charge in [0.1, 0.15) is 11.4 Å². The lowest BCUT2D eigenvalue weighted by molar-refractivity contribution is 0.0228. The summed E-state index contributed by atoms with van der Waals surface area (Å²) in [5.41, 5.74) is 2.26. The number of Topliss-reactive ketones (excluding diaryl/α,β-unsaturated/α-hetero) is 1. The van der Waals surface area contributed by atoms with Crippen LogP contribution in [0.4, 0.5) is 5.69 Å². The van der Waals surface area contributed by atoms with E-state index in [4.69, 9.17) is 9.47 Å². The molecule has 0 N–H and O–H groups in total. The lowest BCUT2D eigenvalue weighted by Gasteiger charge is -2.45. The molecule has 0 aromatic heterocycles. The first-order valence-corrected chi connectivity index (χ1v) is 9.60. The Morgan fingerprint density at radius 2 is 1.86 bits per heavy atom. The molecule has 1 spiro atoms. The van der Waals surface area contributed by atoms with Gasteiger partial charge in [-0.25, -0.2) is 0 Å². The third-order valence-electron chi connectivity index (χ3n) is 6.42. The van der Waals surface area contributed by atoms with E-state index in [2.05, 4.69) is 62.2 Å². The van der Waals surface area contributed by atoms with Gasteiger partial charge in [0.05, 0.1) is 5.41 Å². The number of fused-ring (bicyclic) bond motifs is 2. The van der Waals surface area contributed by atoms with Gasteiger partial charge in [-0.3, -0.25) is 4.79 Å². The van der Waals surface area contributed by atoms with E-state index in [9.17, 15) is 4.79 Å². The molecule has 2 aromatic rings. The van der Waals surface area contributed by atoms with E-state index in [1.807, 2.05) is 18.2 Å². The molecule has 28 heavy (non-hydrogen) atoms. The minimum Gasteiger partial charge on any atom is -0.463 e. The highest BCUT2D eigenvalue weighted by Crippen LogP contribution is 2.54. The first-order chi connectivity index (χ1) is 13.1. The minimum absolute atomic E-state index is 0.0443. The van der Waals surface area contributed by atoms with Crippen LogP contribution in [-0.4, -0.2) is 31.3 Å². The van der Waals surface area contributed by atoms with E-state index in [1.54, 1.807) is 21.0 Å². The highest BCUT2D eigenvalue weighted by molar-refractivity contribution is 6.02. The van der Waals surface area contributed by atoms with Crippen LogP contribution in [0.5, 0.6) is 5.75 Å². The Morgan fingerprint density at radius 1 is 1.14 bits per heavy atom. The van der Waals surface area contributed by atoms with Gasteiger partial charge in [0.25, 0.3) is 0 Å². The summed E-state index contributed by atoms with van der Waals surface area (Å²) < 4.78 is 12.0. The van der Waals surface area contributed by atoms with E-state index in [1.165, 1.54) is 11.3 Å². The van der Waals surface area contributed by atoms with Crippen LogP contribution < -0.4 is 9.64 Å². The number of carbonyl (C=O) groups is 1. The summed E-state index contributed by atoms with van der Waals surface area (Å²) in [7, 11) is 3.63. The van der Waals surface area contributed by atoms with Crippen LogP contribution in [0.15, 0.2) is 48.5 Å². The fraction of sp³-hybridized carbons (Fsp3) is 0.375. The zero-order valence-electron chi connectivity index (χ0n) is 17.4. The second-order valence-corrected chi connectivity index (χ2v) is 8.63. The molecular formula is C24H27NO3. The van der Waals surface area contributed by atoms with E-state index >= 15 is 0 Å². The van der Waals surface area contributed by atoms with Crippen molar-refractivity contribution in [1.29, 1.82) is 0 Å². The average Bonchev–Trinajstić information content (AvgIpc) is 2.86. The average molecular weight is 377 g/mol. The molecule has 1 unspecified atom stereocenters. The van der Waals surface area contributed by atoms with Crippen molar-refractivity contribution in [1.82, 2.24) is 0 Å². The number of benzene rings is 2. The second-order valence-electron chi connectivity index (χ2n) is 8.63. The van der Waals surface area contributed by atoms with Crippen LogP contribution in [0.25, 0.3) is 6.08 Å². The third-order valence-corrected chi connectivity index (χ3v) is 6.42. The number of hydrogen-bond acceptors (Lipinski definition) is 4. The van der Waals surface area contributed by atoms with Crippen molar-refractivity contribution in [2.75, 3.05) is 19.1 Å². The maximum absolute atomic E-state index is 12.7. The van der Waals surface area contributed by atoms with Gasteiger partial charge in [-0.05, 0) is 69.7 Å². The SMILES string of the molecule is COC(C)(C)C(=O)c1ccc2c(c1)C=CC1(O2)N(C)c2ccccc2C1(C)C. The van der Waals surface area contributed by atoms with Crippen LogP contribution in [0.3, 0.4) is 0 Å². The molecule has 2 aliphatic rings. The van der Waals surface area contributed by atoms with Gasteiger partial charge in [0, 0.05) is 31.0 Å². The quantitative estimate of drug-likeness (QED) is 0.719. The molecule has 1 atom stereocenters. The van der Waals surface area contributed by atoms with Gasteiger partial charge in [-0.1, -0.05) is 18.2 Å². The van der Waals surface area contributed by atoms with Crippen LogP contribution in [0.1, 0.15) is 49.2 Å². The standard InChI is InChI=1S/C24H27NO3/c1-22(2)18-9-7-8-10-19(18)25(5)24(22)14-13-16-15-17(11-12-20(16)28-24)21(26)23(3,4)27-6/h7-15H,1-6H3. The Morgan fingerprint density at radius 3 is 2.54 bits per heavy atom. The van der Waals surface area contributed by atoms with Gasteiger partial charge < -0.3 is 14.4 Å². The number of anilines is 1. The van der Waals surface area contributed by atoms with Crippen molar-refractivity contribution in [2.24, 2.45) is 0 Å². The summed E-state index contributed by atoms with van der Waals surface area (Å²) in [6.07, 6.45) is 4.19. The molecule has 0 fully saturated rings. The van der Waals surface area contributed by atoms with Crippen molar-refractivity contribution < 1.29 is 14.3 Å². The van der Waals surface area contributed by atoms with Gasteiger partial charge >= 0.3 is 0 Å². The third kappa shape index (κ3) is 2.37. The van der Waals surface area contributed by atoms with Gasteiger partial charge in [-0.15, -0.1) is 0 Å². The molecule has 0 aliphatic carbocycles. The zero-order chi connectivity index (χ0) is 20.3. The van der Waals surface area contributed by atoms with Crippen molar-refractivity contribution in [2.45, 2.75) is 44.4 Å². The van der Waals surface area contributed by atoms with Crippen molar-refractivity contribution in [3.05, 3.63) is 65.2 Å². The Labute approximate surface area is 166 Å². The second kappa shape index (κ2) is 5.95. The van der Waals surface area contributed by atoms with Crippen LogP contribution >= 0.6 is 0 Å². The topological polar surface area (TPSA) is 38.8 Å². The van der Waals surface area contributed by atoms with Gasteiger partial charge in [0.15, 0.2) is 5.78 Å². The predicted octanol–water partition coefficient (Wildman–Crippen LogP) is 4.82. The summed E-state index contributed by atoms with van der Waals surface area (Å²) in [4.78, 5) is 14.9. The largest absolute Gasteiger partial charge is 0.463 e. The van der Waals surface area contributed by atoms with Gasteiger partial charge in [0.2, 0.25) is 5.72 Å². The summed E-state index contributed by atoms with van der Waals surface area (Å²) in [6, 6.07) is 14.0. The first kappa shape index (κ1) is 18.8. The summed E-state index contributed by atoms with van der Waals surface area (Å²) in [5.74, 6) is 0.735. The van der Waals surface area contributed by atoms with Crippen LogP contribution in [0.2, 0.25) is 0 Å². The van der Waals surface area contributed by atoms with Crippen LogP contribution in [-0.2, 0) is 10.2 Å². The maximum Gasteiger partial charge on any atom is 0.211 e. The first-order valence-electron chi connectivity index (χ1n) is 9.60. The summed E-state index contributed by atoms with van der Waals surface area (Å²) in [5, 5.41) is 0. The molecule has 2 aromatic carbocycles. The van der Waals surface area contributed by atoms with Crippen LogP contribution in [0, 0.1) is 0 Å². The number of rotatable bonds is 3. The number of para-hydroxylation sites is 1. The van der Waals surface area contributed by atoms with E-state index < -0.39 is 11.3 Å². The molecule has 0 saturated carbocycles. The molecule has 0 radical (unpaired) electrons. The number of nitrogens with zero attached hydrogens (tertiary/aromatic N) is 1. The molecule has 2 heterocycles. The Kier molecular flexibility index (Phi) is 3.99. The maximum atomic E-state index is 12.7. The molecule has 4 nitrogen and oxygen atoms in total. The summed E-state index contributed by atoms with van der Waals surface area (Å²) in [6.45, 7) is 7.99. The lowest BCUT2D eigenvalue weighted by Crippen LogP contribution is -2.58. The van der Waals surface area contributed by atoms with E-state index in [0.29, 0.717) is 5.56 Å². The van der Waals surface area contributed by atoms with E-state index in [0.717, 1.165) is 11.3 Å². The Bertz CT molecular complexity index is 989. The number of carbonyl (C=O) groups excluding carboxylic acids is 1. The molecule has 0 bridgehead atoms. The molecule has 0 amide bonds. The molecule has 4 heteroatoms. The molecule has 2 aliphatic heterocycles. The Balaban J connectivity index is 1.75. The van der Waals surface area contributed by atoms with Crippen molar-refractivity contribution in [3.8, 4) is 5.75 Å². The van der Waals surface area contributed by atoms with Gasteiger partial charge in [-0.2, -0.15) is 0 Å². The number of ketones is 1. The fourth-order valence-corrected chi connectivity index (χ4v) is 4.36. The monoisotopic (exact) mass is 377 g/mol. The number of methoxy groups -OCH3 is 1.